The third-order valence-electron chi connectivity index (χ3n) is 2.37. The molecule has 19 heavy (non-hydrogen) atoms. The summed E-state index contributed by atoms with van der Waals surface area (Å²) in [5.41, 5.74) is 0.780. The van der Waals surface area contributed by atoms with Gasteiger partial charge in [-0.15, -0.1) is 5.10 Å². The van der Waals surface area contributed by atoms with E-state index < -0.39 is 0 Å². The minimum absolute atomic E-state index is 0.0546. The highest BCUT2D eigenvalue weighted by atomic mass is 32.2. The maximum absolute atomic E-state index is 11.0. The van der Waals surface area contributed by atoms with E-state index in [0.717, 1.165) is 5.56 Å². The Balaban J connectivity index is 2.12. The molecule has 0 bridgehead atoms. The molecule has 0 radical (unpaired) electrons. The number of carbonyl (C=O) groups excluding carboxylic acids is 1. The van der Waals surface area contributed by atoms with Gasteiger partial charge < -0.3 is 14.8 Å². The van der Waals surface area contributed by atoms with Crippen molar-refractivity contribution in [2.24, 2.45) is 10.2 Å². The zero-order valence-corrected chi connectivity index (χ0v) is 11.4. The first-order chi connectivity index (χ1) is 9.22. The molecule has 6 nitrogen and oxygen atoms in total. The molecule has 1 saturated heterocycles. The number of nitrogens with one attached hydrogen (secondary N) is 1. The maximum Gasteiger partial charge on any atom is 0.236 e. The largest absolute Gasteiger partial charge is 0.497 e. The summed E-state index contributed by atoms with van der Waals surface area (Å²) in [4.78, 5) is 11.0. The molecule has 7 heteroatoms. The van der Waals surface area contributed by atoms with Crippen LogP contribution in [-0.4, -0.2) is 37.3 Å². The van der Waals surface area contributed by atoms with Gasteiger partial charge in [-0.1, -0.05) is 11.8 Å². The van der Waals surface area contributed by atoms with Crippen LogP contribution < -0.4 is 14.8 Å². The number of nitrogens with zero attached hydrogens (tertiary/aromatic N) is 2. The van der Waals surface area contributed by atoms with Crippen LogP contribution in [0.3, 0.4) is 0 Å². The summed E-state index contributed by atoms with van der Waals surface area (Å²) < 4.78 is 10.3. The van der Waals surface area contributed by atoms with Crippen LogP contribution in [-0.2, 0) is 4.79 Å². The van der Waals surface area contributed by atoms with Crippen molar-refractivity contribution in [3.05, 3.63) is 23.8 Å². The Morgan fingerprint density at radius 3 is 2.84 bits per heavy atom. The molecule has 0 unspecified atom stereocenters. The molecule has 0 saturated carbocycles. The Kier molecular flexibility index (Phi) is 4.40. The summed E-state index contributed by atoms with van der Waals surface area (Å²) in [6.45, 7) is 0. The predicted octanol–water partition coefficient (Wildman–Crippen LogP) is 1.26. The molecule has 0 atom stereocenters. The summed E-state index contributed by atoms with van der Waals surface area (Å²) in [6.07, 6.45) is 1.57. The number of hydrogen-bond acceptors (Lipinski definition) is 6. The van der Waals surface area contributed by atoms with Crippen LogP contribution in [0.1, 0.15) is 5.56 Å². The van der Waals surface area contributed by atoms with Crippen molar-refractivity contribution in [1.29, 1.82) is 0 Å². The first kappa shape index (κ1) is 13.4. The molecule has 0 aromatic heterocycles. The summed E-state index contributed by atoms with van der Waals surface area (Å²) in [6, 6.07) is 5.39. The van der Waals surface area contributed by atoms with E-state index in [-0.39, 0.29) is 5.91 Å². The lowest BCUT2D eigenvalue weighted by Crippen LogP contribution is -2.19. The van der Waals surface area contributed by atoms with Crippen LogP contribution in [0, 0.1) is 0 Å². The first-order valence-electron chi connectivity index (χ1n) is 5.48. The highest BCUT2D eigenvalue weighted by Gasteiger charge is 2.15. The monoisotopic (exact) mass is 279 g/mol. The van der Waals surface area contributed by atoms with Crippen LogP contribution in [0.4, 0.5) is 0 Å². The number of carbonyl (C=O) groups is 1. The third-order valence-corrected chi connectivity index (χ3v) is 3.24. The Bertz CT molecular complexity index is 543. The van der Waals surface area contributed by atoms with E-state index in [0.29, 0.717) is 22.4 Å². The molecule has 0 aliphatic carbocycles. The quantitative estimate of drug-likeness (QED) is 0.665. The number of ether oxygens (including phenoxy) is 2. The average Bonchev–Trinajstić information content (AvgIpc) is 2.84. The number of rotatable bonds is 4. The molecule has 1 aliphatic heterocycles. The second kappa shape index (κ2) is 6.24. The fourth-order valence-corrected chi connectivity index (χ4v) is 2.08. The number of thioether (sulfide) groups is 1. The molecular formula is C12H13N3O3S. The molecule has 1 heterocycles. The van der Waals surface area contributed by atoms with Crippen LogP contribution in [0.15, 0.2) is 28.4 Å². The van der Waals surface area contributed by atoms with Crippen molar-refractivity contribution >= 4 is 29.1 Å². The zero-order valence-electron chi connectivity index (χ0n) is 10.5. The maximum atomic E-state index is 11.0. The second-order valence-corrected chi connectivity index (χ2v) is 4.56. The number of amidine groups is 1. The third kappa shape index (κ3) is 3.47. The molecule has 1 N–H and O–H groups in total. The normalized spacial score (nSPS) is 16.9. The van der Waals surface area contributed by atoms with Gasteiger partial charge in [0.1, 0.15) is 11.5 Å². The fourth-order valence-electron chi connectivity index (χ4n) is 1.45. The van der Waals surface area contributed by atoms with Crippen molar-refractivity contribution in [3.63, 3.8) is 0 Å². The highest BCUT2D eigenvalue weighted by molar-refractivity contribution is 8.15. The van der Waals surface area contributed by atoms with Gasteiger partial charge in [0.15, 0.2) is 5.17 Å². The highest BCUT2D eigenvalue weighted by Crippen LogP contribution is 2.23. The van der Waals surface area contributed by atoms with Gasteiger partial charge in [0.05, 0.1) is 26.2 Å². The van der Waals surface area contributed by atoms with E-state index in [2.05, 4.69) is 15.5 Å². The number of amides is 1. The summed E-state index contributed by atoms with van der Waals surface area (Å²) >= 11 is 1.33. The fraction of sp³-hybridized carbons (Fsp3) is 0.250. The topological polar surface area (TPSA) is 72.3 Å². The van der Waals surface area contributed by atoms with Crippen molar-refractivity contribution in [2.75, 3.05) is 20.0 Å². The minimum Gasteiger partial charge on any atom is -0.497 e. The van der Waals surface area contributed by atoms with E-state index in [1.807, 2.05) is 12.1 Å². The molecule has 100 valence electrons. The van der Waals surface area contributed by atoms with E-state index >= 15 is 0 Å². The van der Waals surface area contributed by atoms with E-state index in [1.165, 1.54) is 11.8 Å². The lowest BCUT2D eigenvalue weighted by molar-refractivity contribution is -0.116. The molecule has 1 aromatic rings. The number of methoxy groups -OCH3 is 2. The van der Waals surface area contributed by atoms with Crippen molar-refractivity contribution < 1.29 is 14.3 Å². The molecule has 1 amide bonds. The molecule has 2 rings (SSSR count). The molecular weight excluding hydrogens is 266 g/mol. The first-order valence-corrected chi connectivity index (χ1v) is 6.47. The smallest absolute Gasteiger partial charge is 0.236 e. The van der Waals surface area contributed by atoms with Gasteiger partial charge in [0, 0.05) is 11.6 Å². The van der Waals surface area contributed by atoms with Gasteiger partial charge in [0.25, 0.3) is 0 Å². The van der Waals surface area contributed by atoms with Gasteiger partial charge in [-0.05, 0) is 12.1 Å². The van der Waals surface area contributed by atoms with Gasteiger partial charge in [-0.2, -0.15) is 5.10 Å². The average molecular weight is 279 g/mol. The van der Waals surface area contributed by atoms with Gasteiger partial charge >= 0.3 is 0 Å². The van der Waals surface area contributed by atoms with Gasteiger partial charge in [-0.3, -0.25) is 4.79 Å². The molecule has 1 fully saturated rings. The van der Waals surface area contributed by atoms with Crippen molar-refractivity contribution in [1.82, 2.24) is 5.32 Å². The van der Waals surface area contributed by atoms with Crippen LogP contribution in [0.5, 0.6) is 11.5 Å². The van der Waals surface area contributed by atoms with E-state index in [4.69, 9.17) is 9.47 Å². The van der Waals surface area contributed by atoms with Gasteiger partial charge in [-0.25, -0.2) is 0 Å². The molecule has 1 aromatic carbocycles. The van der Waals surface area contributed by atoms with Crippen LogP contribution in [0.25, 0.3) is 0 Å². The Labute approximate surface area is 114 Å². The SMILES string of the molecule is COc1ccc(C=N/N=C2/NC(=O)CS2)c(OC)c1. The predicted molar refractivity (Wildman–Crippen MR) is 75.2 cm³/mol. The Morgan fingerprint density at radius 2 is 2.21 bits per heavy atom. The standard InChI is InChI=1S/C12H13N3O3S/c1-17-9-4-3-8(10(5-9)18-2)6-13-15-12-14-11(16)7-19-12/h3-6H,7H2,1-2H3,(H,14,15,16). The summed E-state index contributed by atoms with van der Waals surface area (Å²) in [5.74, 6) is 1.69. The molecule has 1 aliphatic rings. The van der Waals surface area contributed by atoms with E-state index in [9.17, 15) is 4.79 Å². The minimum atomic E-state index is -0.0546. The molecule has 0 spiro atoms. The summed E-state index contributed by atoms with van der Waals surface area (Å²) in [7, 11) is 3.17. The summed E-state index contributed by atoms with van der Waals surface area (Å²) in [5, 5.41) is 11.0. The van der Waals surface area contributed by atoms with Crippen LogP contribution in [0.2, 0.25) is 0 Å². The lowest BCUT2D eigenvalue weighted by Gasteiger charge is -2.06. The number of benzene rings is 1. The lowest BCUT2D eigenvalue weighted by atomic mass is 10.2. The van der Waals surface area contributed by atoms with Gasteiger partial charge in [0.2, 0.25) is 5.91 Å². The zero-order chi connectivity index (χ0) is 13.7. The van der Waals surface area contributed by atoms with E-state index in [1.54, 1.807) is 26.5 Å². The Morgan fingerprint density at radius 1 is 1.37 bits per heavy atom. The van der Waals surface area contributed by atoms with Crippen molar-refractivity contribution in [3.8, 4) is 11.5 Å². The van der Waals surface area contributed by atoms with Crippen LogP contribution >= 0.6 is 11.8 Å². The van der Waals surface area contributed by atoms with Crippen molar-refractivity contribution in [2.45, 2.75) is 0 Å². The second-order valence-electron chi connectivity index (χ2n) is 3.59. The Hall–Kier alpha value is -2.02. The number of hydrogen-bond donors (Lipinski definition) is 1.